The molecule has 3 aromatic rings. The van der Waals surface area contributed by atoms with Crippen LogP contribution in [-0.4, -0.2) is 50.0 Å². The molecular weight excluding hydrogens is 553 g/mol. The summed E-state index contributed by atoms with van der Waals surface area (Å²) in [4.78, 5) is 29.5. The number of hydrogen-bond donors (Lipinski definition) is 1. The summed E-state index contributed by atoms with van der Waals surface area (Å²) in [6.07, 6.45) is 6.71. The van der Waals surface area contributed by atoms with Gasteiger partial charge in [-0.05, 0) is 42.5 Å². The number of nitrogens with one attached hydrogen (secondary N) is 1. The first-order valence-electron chi connectivity index (χ1n) is 14.6. The number of amides is 2. The lowest BCUT2D eigenvalue weighted by Crippen LogP contribution is -2.55. The summed E-state index contributed by atoms with van der Waals surface area (Å²) < 4.78 is 42.1. The summed E-state index contributed by atoms with van der Waals surface area (Å²) in [7, 11) is -3.88. The molecule has 7 nitrogen and oxygen atoms in total. The second kappa shape index (κ2) is 14.4. The predicted molar refractivity (Wildman–Crippen MR) is 164 cm³/mol. The maximum absolute atomic E-state index is 14.9. The molecule has 0 spiro atoms. The predicted octanol–water partition coefficient (Wildman–Crippen LogP) is 5.24. The van der Waals surface area contributed by atoms with Gasteiger partial charge in [0.25, 0.3) is 0 Å². The minimum absolute atomic E-state index is 0.00103. The van der Waals surface area contributed by atoms with Crippen LogP contribution in [0, 0.1) is 5.82 Å². The minimum atomic E-state index is -3.88. The molecule has 0 unspecified atom stereocenters. The molecule has 0 bridgehead atoms. The number of carbonyl (C=O) groups is 2. The number of para-hydroxylation sites is 1. The molecule has 2 amide bonds. The Kier molecular flexibility index (Phi) is 10.7. The Morgan fingerprint density at radius 2 is 1.52 bits per heavy atom. The zero-order chi connectivity index (χ0) is 30.1. The van der Waals surface area contributed by atoms with Crippen LogP contribution in [0.15, 0.2) is 78.9 Å². The summed E-state index contributed by atoms with van der Waals surface area (Å²) in [6, 6.07) is 21.6. The number of sulfonamides is 1. The lowest BCUT2D eigenvalue weighted by molar-refractivity contribution is -0.140. The van der Waals surface area contributed by atoms with E-state index in [1.165, 1.54) is 11.0 Å². The number of benzene rings is 3. The first-order chi connectivity index (χ1) is 20.2. The van der Waals surface area contributed by atoms with Gasteiger partial charge in [-0.2, -0.15) is 0 Å². The summed E-state index contributed by atoms with van der Waals surface area (Å²) in [5, 5.41) is 3.15. The molecule has 0 saturated heterocycles. The van der Waals surface area contributed by atoms with Crippen molar-refractivity contribution in [1.29, 1.82) is 0 Å². The topological polar surface area (TPSA) is 86.8 Å². The van der Waals surface area contributed by atoms with Crippen molar-refractivity contribution in [2.45, 2.75) is 70.5 Å². The normalized spacial score (nSPS) is 14.6. The molecule has 0 aromatic heterocycles. The second-order valence-corrected chi connectivity index (χ2v) is 12.8. The fourth-order valence-electron chi connectivity index (χ4n) is 5.56. The van der Waals surface area contributed by atoms with Crippen LogP contribution in [0.3, 0.4) is 0 Å². The summed E-state index contributed by atoms with van der Waals surface area (Å²) >= 11 is 0. The van der Waals surface area contributed by atoms with E-state index < -0.39 is 34.3 Å². The molecule has 1 N–H and O–H groups in total. The van der Waals surface area contributed by atoms with Crippen molar-refractivity contribution in [3.63, 3.8) is 0 Å². The molecule has 0 aliphatic heterocycles. The Hall–Kier alpha value is -3.72. The van der Waals surface area contributed by atoms with Crippen LogP contribution < -0.4 is 9.62 Å². The van der Waals surface area contributed by atoms with Gasteiger partial charge in [-0.25, -0.2) is 12.8 Å². The Morgan fingerprint density at radius 1 is 0.905 bits per heavy atom. The van der Waals surface area contributed by atoms with Crippen LogP contribution in [-0.2, 0) is 39.0 Å². The van der Waals surface area contributed by atoms with Crippen molar-refractivity contribution >= 4 is 27.5 Å². The highest BCUT2D eigenvalue weighted by Gasteiger charge is 2.34. The lowest BCUT2D eigenvalue weighted by atomic mass is 9.94. The lowest BCUT2D eigenvalue weighted by Gasteiger charge is -2.35. The third-order valence-electron chi connectivity index (χ3n) is 7.84. The molecule has 4 rings (SSSR count). The number of hydrogen-bond acceptors (Lipinski definition) is 4. The molecular formula is C33H40FN3O4S. The van der Waals surface area contributed by atoms with Crippen molar-refractivity contribution < 1.29 is 22.4 Å². The van der Waals surface area contributed by atoms with Crippen molar-refractivity contribution in [2.24, 2.45) is 0 Å². The molecule has 42 heavy (non-hydrogen) atoms. The third kappa shape index (κ3) is 8.18. The van der Waals surface area contributed by atoms with Gasteiger partial charge in [-0.1, -0.05) is 92.9 Å². The first kappa shape index (κ1) is 31.2. The van der Waals surface area contributed by atoms with E-state index in [2.05, 4.69) is 5.32 Å². The standard InChI is InChI=1S/C33H40FN3O4S/c1-3-26-16-11-13-21-30(26)37(42(2,40)41)24-32(38)36(23-27-17-10-12-20-29(27)34)31(22-25-14-6-4-7-15-25)33(39)35-28-18-8-5-9-19-28/h4,6-7,10-17,20-21,28,31H,3,5,8-9,18-19,22-24H2,1-2H3,(H,35,39)/t31-/m0/s1. The average Bonchev–Trinajstić information content (AvgIpc) is 2.99. The van der Waals surface area contributed by atoms with Crippen LogP contribution in [0.2, 0.25) is 0 Å². The monoisotopic (exact) mass is 593 g/mol. The molecule has 1 aliphatic carbocycles. The highest BCUT2D eigenvalue weighted by atomic mass is 32.2. The molecule has 1 aliphatic rings. The number of anilines is 1. The first-order valence-corrected chi connectivity index (χ1v) is 16.4. The number of halogens is 1. The van der Waals surface area contributed by atoms with Gasteiger partial charge < -0.3 is 10.2 Å². The average molecular weight is 594 g/mol. The number of aryl methyl sites for hydroxylation is 1. The second-order valence-electron chi connectivity index (χ2n) is 10.9. The van der Waals surface area contributed by atoms with Crippen molar-refractivity contribution in [3.8, 4) is 0 Å². The SMILES string of the molecule is CCc1ccccc1N(CC(=O)N(Cc1ccccc1F)[C@@H](Cc1ccccc1)C(=O)NC1CCCCC1)S(C)(=O)=O. The van der Waals surface area contributed by atoms with E-state index in [9.17, 15) is 22.4 Å². The van der Waals surface area contributed by atoms with Gasteiger partial charge in [0.1, 0.15) is 18.4 Å². The largest absolute Gasteiger partial charge is 0.352 e. The Labute approximate surface area is 248 Å². The maximum Gasteiger partial charge on any atom is 0.244 e. The fraction of sp³-hybridized carbons (Fsp3) is 0.394. The summed E-state index contributed by atoms with van der Waals surface area (Å²) in [5.74, 6) is -1.41. The van der Waals surface area contributed by atoms with Crippen LogP contribution in [0.1, 0.15) is 55.7 Å². The van der Waals surface area contributed by atoms with Gasteiger partial charge in [0, 0.05) is 24.6 Å². The van der Waals surface area contributed by atoms with Gasteiger partial charge in [0.05, 0.1) is 11.9 Å². The van der Waals surface area contributed by atoms with E-state index in [1.807, 2.05) is 49.4 Å². The smallest absolute Gasteiger partial charge is 0.244 e. The Bertz CT molecular complexity index is 1460. The Morgan fingerprint density at radius 3 is 2.17 bits per heavy atom. The van der Waals surface area contributed by atoms with Crippen LogP contribution in [0.5, 0.6) is 0 Å². The summed E-state index contributed by atoms with van der Waals surface area (Å²) in [6.45, 7) is 1.21. The fourth-order valence-corrected chi connectivity index (χ4v) is 6.44. The van der Waals surface area contributed by atoms with Crippen molar-refractivity contribution in [3.05, 3.63) is 101 Å². The number of rotatable bonds is 12. The van der Waals surface area contributed by atoms with E-state index in [0.29, 0.717) is 12.1 Å². The van der Waals surface area contributed by atoms with E-state index in [-0.39, 0.29) is 30.5 Å². The minimum Gasteiger partial charge on any atom is -0.352 e. The van der Waals surface area contributed by atoms with Gasteiger partial charge in [-0.15, -0.1) is 0 Å². The number of nitrogens with zero attached hydrogens (tertiary/aromatic N) is 2. The zero-order valence-corrected chi connectivity index (χ0v) is 25.2. The highest BCUT2D eigenvalue weighted by Crippen LogP contribution is 2.25. The molecule has 0 radical (unpaired) electrons. The van der Waals surface area contributed by atoms with Gasteiger partial charge in [-0.3, -0.25) is 13.9 Å². The molecule has 1 atom stereocenters. The van der Waals surface area contributed by atoms with Gasteiger partial charge in [0.15, 0.2) is 0 Å². The van der Waals surface area contributed by atoms with Gasteiger partial charge >= 0.3 is 0 Å². The highest BCUT2D eigenvalue weighted by molar-refractivity contribution is 7.92. The zero-order valence-electron chi connectivity index (χ0n) is 24.3. The van der Waals surface area contributed by atoms with Crippen LogP contribution in [0.4, 0.5) is 10.1 Å². The van der Waals surface area contributed by atoms with E-state index in [0.717, 1.165) is 53.8 Å². The summed E-state index contributed by atoms with van der Waals surface area (Å²) in [5.41, 5.74) is 2.26. The maximum atomic E-state index is 14.9. The van der Waals surface area contributed by atoms with Crippen LogP contribution in [0.25, 0.3) is 0 Å². The van der Waals surface area contributed by atoms with Crippen molar-refractivity contribution in [1.82, 2.24) is 10.2 Å². The molecule has 9 heteroatoms. The Balaban J connectivity index is 1.75. The van der Waals surface area contributed by atoms with E-state index in [1.54, 1.807) is 30.3 Å². The molecule has 1 saturated carbocycles. The molecule has 0 heterocycles. The van der Waals surface area contributed by atoms with E-state index >= 15 is 0 Å². The van der Waals surface area contributed by atoms with Crippen LogP contribution >= 0.6 is 0 Å². The molecule has 1 fully saturated rings. The molecule has 224 valence electrons. The van der Waals surface area contributed by atoms with Gasteiger partial charge in [0.2, 0.25) is 21.8 Å². The quantitative estimate of drug-likeness (QED) is 0.311. The van der Waals surface area contributed by atoms with E-state index in [4.69, 9.17) is 0 Å². The number of carbonyl (C=O) groups excluding carboxylic acids is 2. The third-order valence-corrected chi connectivity index (χ3v) is 8.97. The molecule has 3 aromatic carbocycles. The van der Waals surface area contributed by atoms with Crippen molar-refractivity contribution in [2.75, 3.05) is 17.1 Å².